The highest BCUT2D eigenvalue weighted by molar-refractivity contribution is 6.22. The van der Waals surface area contributed by atoms with Gasteiger partial charge in [0.1, 0.15) is 6.04 Å². The van der Waals surface area contributed by atoms with Crippen molar-refractivity contribution in [3.63, 3.8) is 0 Å². The zero-order valence-corrected chi connectivity index (χ0v) is 17.9. The molecule has 0 saturated heterocycles. The number of rotatable bonds is 7. The van der Waals surface area contributed by atoms with E-state index in [0.29, 0.717) is 5.56 Å². The van der Waals surface area contributed by atoms with Crippen molar-refractivity contribution in [2.24, 2.45) is 13.0 Å². The Balaban J connectivity index is 1.78. The lowest BCUT2D eigenvalue weighted by Crippen LogP contribution is -2.46. The predicted octanol–water partition coefficient (Wildman–Crippen LogP) is 3.08. The molecule has 158 valence electrons. The van der Waals surface area contributed by atoms with Crippen LogP contribution in [0, 0.1) is 19.8 Å². The Morgan fingerprint density at radius 1 is 1.03 bits per heavy atom. The summed E-state index contributed by atoms with van der Waals surface area (Å²) in [6.07, 6.45) is 0.252. The van der Waals surface area contributed by atoms with Crippen LogP contribution in [-0.2, 0) is 16.6 Å². The van der Waals surface area contributed by atoms with Crippen LogP contribution < -0.4 is 0 Å². The molecular weight excluding hydrogens is 384 g/mol. The summed E-state index contributed by atoms with van der Waals surface area (Å²) in [6, 6.07) is 7.15. The Labute approximate surface area is 175 Å². The lowest BCUT2D eigenvalue weighted by atomic mass is 10.0. The van der Waals surface area contributed by atoms with E-state index in [0.717, 1.165) is 16.3 Å². The van der Waals surface area contributed by atoms with E-state index in [1.54, 1.807) is 30.3 Å². The third-order valence-electron chi connectivity index (χ3n) is 5.53. The Morgan fingerprint density at radius 2 is 1.60 bits per heavy atom. The Morgan fingerprint density at radius 3 is 2.07 bits per heavy atom. The van der Waals surface area contributed by atoms with Crippen molar-refractivity contribution >= 4 is 23.6 Å². The van der Waals surface area contributed by atoms with Gasteiger partial charge in [0.25, 0.3) is 11.8 Å². The summed E-state index contributed by atoms with van der Waals surface area (Å²) < 4.78 is 7.17. The first kappa shape index (κ1) is 21.5. The molecule has 0 bridgehead atoms. The molecule has 0 unspecified atom stereocenters. The first-order valence-electron chi connectivity index (χ1n) is 9.93. The number of benzene rings is 1. The van der Waals surface area contributed by atoms with E-state index in [-0.39, 0.29) is 29.2 Å². The second-order valence-corrected chi connectivity index (χ2v) is 8.05. The molecular formula is C23H26N2O5. The third kappa shape index (κ3) is 3.79. The van der Waals surface area contributed by atoms with Crippen molar-refractivity contribution in [3.8, 4) is 0 Å². The first-order valence-corrected chi connectivity index (χ1v) is 9.93. The van der Waals surface area contributed by atoms with Gasteiger partial charge in [-0.25, -0.2) is 4.79 Å². The van der Waals surface area contributed by atoms with Gasteiger partial charge in [-0.15, -0.1) is 0 Å². The maximum atomic E-state index is 12.9. The lowest BCUT2D eigenvalue weighted by Gasteiger charge is -2.25. The number of aromatic nitrogens is 1. The van der Waals surface area contributed by atoms with Gasteiger partial charge in [0.05, 0.1) is 11.1 Å². The Hall–Kier alpha value is -3.22. The number of carbonyl (C=O) groups is 4. The average Bonchev–Trinajstić information content (AvgIpc) is 3.12. The molecule has 1 aromatic heterocycles. The smallest absolute Gasteiger partial charge is 0.329 e. The Kier molecular flexibility index (Phi) is 5.92. The molecule has 1 aliphatic heterocycles. The molecule has 0 saturated carbocycles. The minimum atomic E-state index is -1.08. The second kappa shape index (κ2) is 8.26. The summed E-state index contributed by atoms with van der Waals surface area (Å²) in [4.78, 5) is 52.0. The highest BCUT2D eigenvalue weighted by atomic mass is 16.5. The maximum absolute atomic E-state index is 12.9. The fourth-order valence-corrected chi connectivity index (χ4v) is 3.69. The number of carbonyl (C=O) groups excluding carboxylic acids is 4. The van der Waals surface area contributed by atoms with Crippen molar-refractivity contribution in [2.75, 3.05) is 6.61 Å². The lowest BCUT2D eigenvalue weighted by molar-refractivity contribution is -0.147. The standard InChI is InChI=1S/C23H26N2O5/c1-13(2)10-19(25-21(27)16-8-6-7-9-17(16)22(25)28)23(29)30-12-20(26)18-11-14(3)24(5)15(18)4/h6-9,11,13,19H,10,12H2,1-5H3/t19-/m1/s1. The summed E-state index contributed by atoms with van der Waals surface area (Å²) in [5, 5.41) is 0. The van der Waals surface area contributed by atoms with Gasteiger partial charge in [-0.3, -0.25) is 19.3 Å². The summed E-state index contributed by atoms with van der Waals surface area (Å²) in [5.74, 6) is -2.08. The quantitative estimate of drug-likeness (QED) is 0.398. The number of imide groups is 1. The van der Waals surface area contributed by atoms with Crippen LogP contribution in [0.2, 0.25) is 0 Å². The minimum absolute atomic E-state index is 0.0292. The largest absolute Gasteiger partial charge is 0.456 e. The Bertz CT molecular complexity index is 999. The number of aryl methyl sites for hydroxylation is 1. The van der Waals surface area contributed by atoms with E-state index in [1.165, 1.54) is 0 Å². The molecule has 2 heterocycles. The number of esters is 1. The van der Waals surface area contributed by atoms with E-state index >= 15 is 0 Å². The van der Waals surface area contributed by atoms with Crippen molar-refractivity contribution in [3.05, 3.63) is 58.4 Å². The first-order chi connectivity index (χ1) is 14.1. The molecule has 0 fully saturated rings. The van der Waals surface area contributed by atoms with E-state index in [1.807, 2.05) is 39.3 Å². The highest BCUT2D eigenvalue weighted by Crippen LogP contribution is 2.27. The van der Waals surface area contributed by atoms with Crippen molar-refractivity contribution in [2.45, 2.75) is 40.2 Å². The number of fused-ring (bicyclic) bond motifs is 1. The summed E-state index contributed by atoms with van der Waals surface area (Å²) >= 11 is 0. The maximum Gasteiger partial charge on any atom is 0.329 e. The molecule has 7 heteroatoms. The molecule has 3 rings (SSSR count). The summed E-state index contributed by atoms with van der Waals surface area (Å²) in [7, 11) is 1.86. The highest BCUT2D eigenvalue weighted by Gasteiger charge is 2.43. The van der Waals surface area contributed by atoms with Crippen LogP contribution >= 0.6 is 0 Å². The molecule has 30 heavy (non-hydrogen) atoms. The molecule has 2 aromatic rings. The second-order valence-electron chi connectivity index (χ2n) is 8.05. The van der Waals surface area contributed by atoms with Gasteiger partial charge in [0, 0.05) is 24.0 Å². The van der Waals surface area contributed by atoms with Crippen LogP contribution in [0.4, 0.5) is 0 Å². The zero-order chi connectivity index (χ0) is 22.2. The molecule has 0 spiro atoms. The van der Waals surface area contributed by atoms with Gasteiger partial charge in [-0.2, -0.15) is 0 Å². The molecule has 1 aliphatic rings. The minimum Gasteiger partial charge on any atom is -0.456 e. The van der Waals surface area contributed by atoms with Crippen molar-refractivity contribution in [1.82, 2.24) is 9.47 Å². The van der Waals surface area contributed by atoms with Gasteiger partial charge < -0.3 is 9.30 Å². The number of nitrogens with zero attached hydrogens (tertiary/aromatic N) is 2. The SMILES string of the molecule is Cc1cc(C(=O)COC(=O)[C@@H](CC(C)C)N2C(=O)c3ccccc3C2=O)c(C)n1C. The average molecular weight is 410 g/mol. The van der Waals surface area contributed by atoms with Crippen LogP contribution in [0.3, 0.4) is 0 Å². The molecule has 0 N–H and O–H groups in total. The molecule has 0 radical (unpaired) electrons. The molecule has 1 atom stereocenters. The predicted molar refractivity (Wildman–Crippen MR) is 110 cm³/mol. The fraction of sp³-hybridized carbons (Fsp3) is 0.391. The van der Waals surface area contributed by atoms with Gasteiger partial charge >= 0.3 is 5.97 Å². The van der Waals surface area contributed by atoms with Gasteiger partial charge in [-0.1, -0.05) is 26.0 Å². The van der Waals surface area contributed by atoms with Crippen LogP contribution in [0.5, 0.6) is 0 Å². The van der Waals surface area contributed by atoms with Gasteiger partial charge in [0.2, 0.25) is 5.78 Å². The molecule has 0 aliphatic carbocycles. The molecule has 2 amide bonds. The fourth-order valence-electron chi connectivity index (χ4n) is 3.69. The number of Topliss-reactive ketones (excluding diaryl/α,β-unsaturated/α-hetero) is 1. The summed E-state index contributed by atoms with van der Waals surface area (Å²) in [5.41, 5.74) is 2.74. The van der Waals surface area contributed by atoms with Gasteiger partial charge in [0.15, 0.2) is 6.61 Å². The molecule has 7 nitrogen and oxygen atoms in total. The number of hydrogen-bond acceptors (Lipinski definition) is 5. The summed E-state index contributed by atoms with van der Waals surface area (Å²) in [6.45, 7) is 7.04. The van der Waals surface area contributed by atoms with Crippen molar-refractivity contribution < 1.29 is 23.9 Å². The van der Waals surface area contributed by atoms with Crippen LogP contribution in [0.15, 0.2) is 30.3 Å². The van der Waals surface area contributed by atoms with Crippen LogP contribution in [0.25, 0.3) is 0 Å². The van der Waals surface area contributed by atoms with E-state index in [4.69, 9.17) is 4.74 Å². The van der Waals surface area contributed by atoms with Gasteiger partial charge in [-0.05, 0) is 44.4 Å². The monoisotopic (exact) mass is 410 g/mol. The zero-order valence-electron chi connectivity index (χ0n) is 17.9. The van der Waals surface area contributed by atoms with E-state index < -0.39 is 30.4 Å². The van der Waals surface area contributed by atoms with Crippen molar-refractivity contribution in [1.29, 1.82) is 0 Å². The number of hydrogen-bond donors (Lipinski definition) is 0. The van der Waals surface area contributed by atoms with Crippen LogP contribution in [-0.4, -0.2) is 45.7 Å². The van der Waals surface area contributed by atoms with Crippen LogP contribution in [0.1, 0.15) is 62.7 Å². The normalized spacial score (nSPS) is 14.3. The number of ketones is 1. The number of amides is 2. The third-order valence-corrected chi connectivity index (χ3v) is 5.53. The van der Waals surface area contributed by atoms with E-state index in [9.17, 15) is 19.2 Å². The number of ether oxygens (including phenoxy) is 1. The molecule has 1 aromatic carbocycles. The topological polar surface area (TPSA) is 85.7 Å². The van der Waals surface area contributed by atoms with E-state index in [2.05, 4.69) is 0 Å².